The molecule has 0 fully saturated rings. The minimum absolute atomic E-state index is 0.00824. The van der Waals surface area contributed by atoms with Crippen molar-refractivity contribution in [1.82, 2.24) is 29.6 Å². The summed E-state index contributed by atoms with van der Waals surface area (Å²) in [5.41, 5.74) is 6.56. The van der Waals surface area contributed by atoms with Gasteiger partial charge in [-0.2, -0.15) is 4.31 Å². The predicted octanol–water partition coefficient (Wildman–Crippen LogP) is 6.48. The lowest BCUT2D eigenvalue weighted by molar-refractivity contribution is -0.121. The number of aromatic nitrogens is 4. The van der Waals surface area contributed by atoms with E-state index in [4.69, 9.17) is 4.74 Å². The fourth-order valence-electron chi connectivity index (χ4n) is 6.14. The number of nitrogens with zero attached hydrogens (tertiary/aromatic N) is 5. The number of nitrogens with one attached hydrogen (secondary N) is 1. The average molecular weight is 885 g/mol. The number of ether oxygens (including phenoxy) is 1. The molecule has 13 heteroatoms. The van der Waals surface area contributed by atoms with Crippen LogP contribution >= 0.6 is 45.2 Å². The number of pyridine rings is 1. The Morgan fingerprint density at radius 3 is 2.68 bits per heavy atom. The van der Waals surface area contributed by atoms with Gasteiger partial charge in [0.05, 0.1) is 12.1 Å². The summed E-state index contributed by atoms with van der Waals surface area (Å²) < 4.78 is 39.2. The second-order valence-corrected chi connectivity index (χ2v) is 15.9. The number of hydrogen-bond donors (Lipinski definition) is 1. The highest BCUT2D eigenvalue weighted by molar-refractivity contribution is 14.1. The van der Waals surface area contributed by atoms with Gasteiger partial charge in [-0.3, -0.25) is 4.79 Å². The second kappa shape index (κ2) is 15.9. The molecule has 2 aromatic heterocycles. The van der Waals surface area contributed by atoms with Crippen molar-refractivity contribution in [2.75, 3.05) is 15.4 Å². The molecule has 0 radical (unpaired) electrons. The second-order valence-electron chi connectivity index (χ2n) is 12.0. The Kier molecular flexibility index (Phi) is 12.1. The lowest BCUT2D eigenvalue weighted by Crippen LogP contribution is -2.37. The first-order valence-electron chi connectivity index (χ1n) is 16.1. The zero-order valence-corrected chi connectivity index (χ0v) is 32.4. The number of carbonyl (C=O) groups excluding carboxylic acids is 1. The van der Waals surface area contributed by atoms with Gasteiger partial charge in [0.1, 0.15) is 16.5 Å². The minimum atomic E-state index is -3.87. The van der Waals surface area contributed by atoms with Crippen molar-refractivity contribution in [3.05, 3.63) is 76.5 Å². The number of carbonyl (C=O) groups is 1. The third-order valence-electron chi connectivity index (χ3n) is 8.90. The normalized spacial score (nSPS) is 17.4. The number of rotatable bonds is 13. The van der Waals surface area contributed by atoms with Crippen LogP contribution in [0, 0.1) is 13.8 Å². The highest BCUT2D eigenvalue weighted by Gasteiger charge is 2.35. The molecule has 4 aromatic rings. The van der Waals surface area contributed by atoms with Gasteiger partial charge in [-0.15, -0.1) is 5.10 Å². The Morgan fingerprint density at radius 1 is 1.15 bits per heavy atom. The van der Waals surface area contributed by atoms with E-state index in [0.717, 1.165) is 60.5 Å². The number of aryl methyl sites for hydroxylation is 3. The molecule has 252 valence electrons. The Hall–Kier alpha value is -2.37. The number of alkyl halides is 2. The van der Waals surface area contributed by atoms with E-state index >= 15 is 0 Å². The van der Waals surface area contributed by atoms with Gasteiger partial charge in [0, 0.05) is 42.1 Å². The standard InChI is InChI=1S/C34H42I2N6O4S/c1-5-27-21-41(47(44,45)31-10-8-16-37-34(31)46-27)20-25-17-24(12-11-22(25)3)29(18-32(43)38-26(19-36)9-7-15-35)28-13-14-30-33(23(28)4)39-40-42(30)6-2/h8,10-14,16-17,26-27,29H,5-7,9,15,18-21H2,1-4H3,(H,38,43)/t26?,27-,29+/m1/s1. The molecular weight excluding hydrogens is 842 g/mol. The first kappa shape index (κ1) is 35.9. The van der Waals surface area contributed by atoms with Gasteiger partial charge in [0.25, 0.3) is 0 Å². The SMILES string of the molecule is CC[C@@H]1CN(Cc2cc([C@H](CC(=O)NC(CI)CCCI)c3ccc4c(nnn4CC)c3C)ccc2C)S(=O)(=O)c2cccnc2O1. The Labute approximate surface area is 304 Å². The Balaban J connectivity index is 1.54. The van der Waals surface area contributed by atoms with Crippen LogP contribution in [0.5, 0.6) is 5.88 Å². The molecule has 1 N–H and O–H groups in total. The quantitative estimate of drug-likeness (QED) is 0.121. The van der Waals surface area contributed by atoms with E-state index in [-0.39, 0.29) is 54.3 Å². The molecular formula is C34H42I2N6O4S. The maximum Gasteiger partial charge on any atom is 0.248 e. The number of sulfonamides is 1. The summed E-state index contributed by atoms with van der Waals surface area (Å²) >= 11 is 4.72. The average Bonchev–Trinajstić information content (AvgIpc) is 3.46. The molecule has 10 nitrogen and oxygen atoms in total. The van der Waals surface area contributed by atoms with Crippen molar-refractivity contribution < 1.29 is 17.9 Å². The first-order valence-corrected chi connectivity index (χ1v) is 20.6. The van der Waals surface area contributed by atoms with Gasteiger partial charge in [0.15, 0.2) is 0 Å². The van der Waals surface area contributed by atoms with Gasteiger partial charge < -0.3 is 10.1 Å². The van der Waals surface area contributed by atoms with Crippen LogP contribution in [0.25, 0.3) is 11.0 Å². The van der Waals surface area contributed by atoms with Crippen LogP contribution in [0.15, 0.2) is 53.6 Å². The van der Waals surface area contributed by atoms with Gasteiger partial charge in [-0.05, 0) is 90.5 Å². The van der Waals surface area contributed by atoms with E-state index in [1.54, 1.807) is 18.3 Å². The molecule has 0 aliphatic carbocycles. The molecule has 3 heterocycles. The predicted molar refractivity (Wildman–Crippen MR) is 201 cm³/mol. The number of halogens is 2. The molecule has 1 amide bonds. The van der Waals surface area contributed by atoms with E-state index in [2.05, 4.69) is 84.0 Å². The molecule has 1 aliphatic rings. The van der Waals surface area contributed by atoms with Crippen molar-refractivity contribution in [3.8, 4) is 5.88 Å². The molecule has 2 aromatic carbocycles. The van der Waals surface area contributed by atoms with E-state index < -0.39 is 10.0 Å². The number of amides is 1. The minimum Gasteiger partial charge on any atom is -0.472 e. The van der Waals surface area contributed by atoms with E-state index in [1.165, 1.54) is 4.31 Å². The van der Waals surface area contributed by atoms with Crippen LogP contribution in [-0.2, 0) is 27.9 Å². The van der Waals surface area contributed by atoms with Crippen molar-refractivity contribution in [2.24, 2.45) is 0 Å². The number of hydrogen-bond acceptors (Lipinski definition) is 7. The smallest absolute Gasteiger partial charge is 0.248 e. The maximum absolute atomic E-state index is 13.9. The Bertz CT molecular complexity index is 1830. The van der Waals surface area contributed by atoms with Crippen LogP contribution < -0.4 is 10.1 Å². The fourth-order valence-corrected chi connectivity index (χ4v) is 8.76. The Morgan fingerprint density at radius 2 is 1.96 bits per heavy atom. The van der Waals surface area contributed by atoms with Crippen molar-refractivity contribution in [3.63, 3.8) is 0 Å². The third kappa shape index (κ3) is 7.93. The zero-order valence-electron chi connectivity index (χ0n) is 27.2. The largest absolute Gasteiger partial charge is 0.472 e. The van der Waals surface area contributed by atoms with Gasteiger partial charge in [0.2, 0.25) is 21.8 Å². The molecule has 0 spiro atoms. The molecule has 47 heavy (non-hydrogen) atoms. The summed E-state index contributed by atoms with van der Waals surface area (Å²) in [6.07, 6.45) is 4.10. The van der Waals surface area contributed by atoms with Crippen LogP contribution in [-0.4, -0.2) is 66.2 Å². The van der Waals surface area contributed by atoms with Gasteiger partial charge in [-0.1, -0.05) is 81.6 Å². The van der Waals surface area contributed by atoms with Gasteiger partial charge >= 0.3 is 0 Å². The van der Waals surface area contributed by atoms with Crippen LogP contribution in [0.1, 0.15) is 73.3 Å². The van der Waals surface area contributed by atoms with E-state index in [1.807, 2.05) is 44.5 Å². The summed E-state index contributed by atoms with van der Waals surface area (Å²) in [4.78, 5) is 18.0. The molecule has 1 aliphatic heterocycles. The lowest BCUT2D eigenvalue weighted by Gasteiger charge is -2.25. The van der Waals surface area contributed by atoms with Crippen LogP contribution in [0.2, 0.25) is 0 Å². The first-order chi connectivity index (χ1) is 22.6. The number of benzene rings is 2. The fraction of sp³-hybridized carbons (Fsp3) is 0.471. The summed E-state index contributed by atoms with van der Waals surface area (Å²) in [7, 11) is -3.87. The zero-order chi connectivity index (χ0) is 33.7. The topological polar surface area (TPSA) is 119 Å². The lowest BCUT2D eigenvalue weighted by atomic mass is 9.84. The van der Waals surface area contributed by atoms with Crippen molar-refractivity contribution in [1.29, 1.82) is 0 Å². The monoisotopic (exact) mass is 884 g/mol. The van der Waals surface area contributed by atoms with Crippen LogP contribution in [0.4, 0.5) is 0 Å². The molecule has 0 saturated carbocycles. The highest BCUT2D eigenvalue weighted by Crippen LogP contribution is 2.36. The third-order valence-corrected chi connectivity index (χ3v) is 12.6. The molecule has 3 atom stereocenters. The summed E-state index contributed by atoms with van der Waals surface area (Å²) in [6, 6.07) is 13.6. The summed E-state index contributed by atoms with van der Waals surface area (Å²) in [5.74, 6) is -0.138. The van der Waals surface area contributed by atoms with Gasteiger partial charge in [-0.25, -0.2) is 18.1 Å². The van der Waals surface area contributed by atoms with E-state index in [9.17, 15) is 13.2 Å². The maximum atomic E-state index is 13.9. The molecule has 0 bridgehead atoms. The molecule has 1 unspecified atom stereocenters. The number of fused-ring (bicyclic) bond motifs is 2. The summed E-state index contributed by atoms with van der Waals surface area (Å²) in [6.45, 7) is 9.14. The van der Waals surface area contributed by atoms with Crippen molar-refractivity contribution >= 4 is 72.1 Å². The van der Waals surface area contributed by atoms with Crippen LogP contribution in [0.3, 0.4) is 0 Å². The van der Waals surface area contributed by atoms with Crippen molar-refractivity contribution in [2.45, 2.75) is 89.4 Å². The molecule has 5 rings (SSSR count). The molecule has 0 saturated heterocycles. The van der Waals surface area contributed by atoms with E-state index in [0.29, 0.717) is 13.0 Å². The highest BCUT2D eigenvalue weighted by atomic mass is 127. The summed E-state index contributed by atoms with van der Waals surface area (Å²) in [5, 5.41) is 12.1.